The number of likely N-dealkylation sites (tertiary alicyclic amines) is 1. The molecule has 1 aromatic heterocycles. The Kier molecular flexibility index (Phi) is 6.90. The van der Waals surface area contributed by atoms with E-state index in [0.717, 1.165) is 36.1 Å². The van der Waals surface area contributed by atoms with Crippen molar-refractivity contribution in [1.82, 2.24) is 20.4 Å². The Morgan fingerprint density at radius 2 is 2.13 bits per heavy atom. The normalized spacial score (nSPS) is 16.9. The van der Waals surface area contributed by atoms with Crippen LogP contribution < -0.4 is 5.32 Å². The number of amides is 1. The Morgan fingerprint density at radius 3 is 2.94 bits per heavy atom. The standard InChI is InChI=1S/C23H24Cl2N4O2/c1-15-4-2-5-16(10-15)22-27-21(31-28-22)14-29-9-3-6-18(13-29)23(30)26-12-17-7-8-19(24)11-20(17)25/h2,4-5,7-8,10-11,18H,3,6,9,12-14H2,1H3,(H,26,30). The van der Waals surface area contributed by atoms with Crippen molar-refractivity contribution in [3.8, 4) is 11.4 Å². The first kappa shape index (κ1) is 21.8. The van der Waals surface area contributed by atoms with Gasteiger partial charge in [0, 0.05) is 28.7 Å². The van der Waals surface area contributed by atoms with Gasteiger partial charge in [-0.1, -0.05) is 58.2 Å². The minimum atomic E-state index is -0.0843. The molecule has 0 bridgehead atoms. The molecule has 2 heterocycles. The molecule has 1 saturated heterocycles. The van der Waals surface area contributed by atoms with E-state index in [4.69, 9.17) is 27.7 Å². The zero-order valence-electron chi connectivity index (χ0n) is 17.3. The lowest BCUT2D eigenvalue weighted by Crippen LogP contribution is -2.42. The average Bonchev–Trinajstić information content (AvgIpc) is 3.21. The summed E-state index contributed by atoms with van der Waals surface area (Å²) in [6.07, 6.45) is 1.80. The van der Waals surface area contributed by atoms with Crippen molar-refractivity contribution in [2.24, 2.45) is 5.92 Å². The van der Waals surface area contributed by atoms with Crippen LogP contribution in [0.3, 0.4) is 0 Å². The minimum Gasteiger partial charge on any atom is -0.352 e. The van der Waals surface area contributed by atoms with E-state index in [-0.39, 0.29) is 11.8 Å². The van der Waals surface area contributed by atoms with Crippen LogP contribution in [0.15, 0.2) is 47.0 Å². The summed E-state index contributed by atoms with van der Waals surface area (Å²) in [5.74, 6) is 1.09. The number of carbonyl (C=O) groups excluding carboxylic acids is 1. The maximum Gasteiger partial charge on any atom is 0.241 e. The molecule has 1 atom stereocenters. The lowest BCUT2D eigenvalue weighted by atomic mass is 9.97. The van der Waals surface area contributed by atoms with Crippen LogP contribution in [0.2, 0.25) is 10.0 Å². The fourth-order valence-corrected chi connectivity index (χ4v) is 4.29. The van der Waals surface area contributed by atoms with Gasteiger partial charge in [0.05, 0.1) is 12.5 Å². The number of benzene rings is 2. The van der Waals surface area contributed by atoms with E-state index in [0.29, 0.717) is 41.4 Å². The molecule has 1 aliphatic rings. The highest BCUT2D eigenvalue weighted by Gasteiger charge is 2.27. The van der Waals surface area contributed by atoms with Crippen LogP contribution in [-0.2, 0) is 17.9 Å². The SMILES string of the molecule is Cc1cccc(-c2noc(CN3CCCC(C(=O)NCc4ccc(Cl)cc4Cl)C3)n2)c1. The summed E-state index contributed by atoms with van der Waals surface area (Å²) in [6.45, 7) is 4.50. The molecule has 31 heavy (non-hydrogen) atoms. The fraction of sp³-hybridized carbons (Fsp3) is 0.348. The van der Waals surface area contributed by atoms with Crippen LogP contribution in [-0.4, -0.2) is 34.0 Å². The van der Waals surface area contributed by atoms with Crippen LogP contribution in [0.4, 0.5) is 0 Å². The first-order chi connectivity index (χ1) is 15.0. The van der Waals surface area contributed by atoms with Gasteiger partial charge >= 0.3 is 0 Å². The lowest BCUT2D eigenvalue weighted by molar-refractivity contribution is -0.127. The second kappa shape index (κ2) is 9.81. The molecule has 0 radical (unpaired) electrons. The molecule has 0 saturated carbocycles. The lowest BCUT2D eigenvalue weighted by Gasteiger charge is -2.30. The molecule has 162 valence electrons. The van der Waals surface area contributed by atoms with Crippen LogP contribution in [0, 0.1) is 12.8 Å². The van der Waals surface area contributed by atoms with Gasteiger partial charge in [0.2, 0.25) is 17.6 Å². The average molecular weight is 459 g/mol. The third-order valence-electron chi connectivity index (χ3n) is 5.45. The van der Waals surface area contributed by atoms with Gasteiger partial charge in [0.15, 0.2) is 0 Å². The van der Waals surface area contributed by atoms with Crippen LogP contribution in [0.5, 0.6) is 0 Å². The zero-order valence-corrected chi connectivity index (χ0v) is 18.8. The summed E-state index contributed by atoms with van der Waals surface area (Å²) in [4.78, 5) is 19.4. The van der Waals surface area contributed by atoms with Crippen molar-refractivity contribution in [3.63, 3.8) is 0 Å². The van der Waals surface area contributed by atoms with Crippen LogP contribution >= 0.6 is 23.2 Å². The molecule has 2 aromatic carbocycles. The van der Waals surface area contributed by atoms with Gasteiger partial charge in [-0.05, 0) is 50.1 Å². The Bertz CT molecular complexity index is 1070. The molecule has 8 heteroatoms. The fourth-order valence-electron chi connectivity index (χ4n) is 3.82. The maximum atomic E-state index is 12.7. The van der Waals surface area contributed by atoms with Gasteiger partial charge in [-0.15, -0.1) is 0 Å². The second-order valence-corrected chi connectivity index (χ2v) is 8.75. The highest BCUT2D eigenvalue weighted by atomic mass is 35.5. The van der Waals surface area contributed by atoms with Crippen molar-refractivity contribution in [2.45, 2.75) is 32.9 Å². The van der Waals surface area contributed by atoms with Gasteiger partial charge in [-0.3, -0.25) is 9.69 Å². The van der Waals surface area contributed by atoms with E-state index < -0.39 is 0 Å². The maximum absolute atomic E-state index is 12.7. The molecular weight excluding hydrogens is 435 g/mol. The van der Waals surface area contributed by atoms with Crippen LogP contribution in [0.1, 0.15) is 29.9 Å². The number of rotatable bonds is 6. The highest BCUT2D eigenvalue weighted by Crippen LogP contribution is 2.23. The molecule has 4 rings (SSSR count). The first-order valence-corrected chi connectivity index (χ1v) is 11.1. The van der Waals surface area contributed by atoms with Crippen molar-refractivity contribution >= 4 is 29.1 Å². The van der Waals surface area contributed by atoms with E-state index in [1.54, 1.807) is 12.1 Å². The summed E-state index contributed by atoms with van der Waals surface area (Å²) < 4.78 is 5.46. The topological polar surface area (TPSA) is 71.3 Å². The van der Waals surface area contributed by atoms with E-state index >= 15 is 0 Å². The second-order valence-electron chi connectivity index (χ2n) is 7.91. The third-order valence-corrected chi connectivity index (χ3v) is 6.03. The van der Waals surface area contributed by atoms with Gasteiger partial charge in [0.1, 0.15) is 0 Å². The van der Waals surface area contributed by atoms with E-state index in [1.165, 1.54) is 0 Å². The molecular formula is C23H24Cl2N4O2. The summed E-state index contributed by atoms with van der Waals surface area (Å²) in [5, 5.41) is 8.24. The number of nitrogens with one attached hydrogen (secondary N) is 1. The molecule has 1 unspecified atom stereocenters. The third kappa shape index (κ3) is 5.64. The van der Waals surface area contributed by atoms with Gasteiger partial charge < -0.3 is 9.84 Å². The molecule has 1 N–H and O–H groups in total. The number of aromatic nitrogens is 2. The summed E-state index contributed by atoms with van der Waals surface area (Å²) >= 11 is 12.1. The van der Waals surface area contributed by atoms with E-state index in [1.807, 2.05) is 37.3 Å². The molecule has 0 aliphatic carbocycles. The monoisotopic (exact) mass is 458 g/mol. The largest absolute Gasteiger partial charge is 0.352 e. The molecule has 6 nitrogen and oxygen atoms in total. The smallest absolute Gasteiger partial charge is 0.241 e. The van der Waals surface area contributed by atoms with E-state index in [9.17, 15) is 4.79 Å². The highest BCUT2D eigenvalue weighted by molar-refractivity contribution is 6.35. The summed E-state index contributed by atoms with van der Waals surface area (Å²) in [5.41, 5.74) is 2.93. The molecule has 1 fully saturated rings. The summed E-state index contributed by atoms with van der Waals surface area (Å²) in [6, 6.07) is 13.3. The summed E-state index contributed by atoms with van der Waals surface area (Å²) in [7, 11) is 0. The Labute approximate surface area is 191 Å². The quantitative estimate of drug-likeness (QED) is 0.569. The molecule has 3 aromatic rings. The van der Waals surface area contributed by atoms with Gasteiger partial charge in [0.25, 0.3) is 0 Å². The number of halogens is 2. The van der Waals surface area contributed by atoms with Gasteiger partial charge in [-0.2, -0.15) is 4.98 Å². The van der Waals surface area contributed by atoms with Crippen molar-refractivity contribution < 1.29 is 9.32 Å². The van der Waals surface area contributed by atoms with Crippen molar-refractivity contribution in [2.75, 3.05) is 13.1 Å². The zero-order chi connectivity index (χ0) is 21.8. The Morgan fingerprint density at radius 1 is 1.26 bits per heavy atom. The Hall–Kier alpha value is -2.41. The Balaban J connectivity index is 1.32. The van der Waals surface area contributed by atoms with Crippen LogP contribution in [0.25, 0.3) is 11.4 Å². The predicted octanol–water partition coefficient (Wildman–Crippen LogP) is 4.88. The molecule has 1 amide bonds. The number of hydrogen-bond donors (Lipinski definition) is 1. The molecule has 1 aliphatic heterocycles. The number of carbonyl (C=O) groups is 1. The minimum absolute atomic E-state index is 0.0293. The number of aryl methyl sites for hydroxylation is 1. The van der Waals surface area contributed by atoms with Crippen molar-refractivity contribution in [1.29, 1.82) is 0 Å². The van der Waals surface area contributed by atoms with Crippen molar-refractivity contribution in [3.05, 3.63) is 69.5 Å². The number of piperidine rings is 1. The molecule has 0 spiro atoms. The van der Waals surface area contributed by atoms with E-state index in [2.05, 4.69) is 20.4 Å². The number of hydrogen-bond acceptors (Lipinski definition) is 5. The van der Waals surface area contributed by atoms with Gasteiger partial charge in [-0.25, -0.2) is 0 Å². The first-order valence-electron chi connectivity index (χ1n) is 10.3. The number of nitrogens with zero attached hydrogens (tertiary/aromatic N) is 3. The predicted molar refractivity (Wildman–Crippen MR) is 121 cm³/mol.